The number of methoxy groups -OCH3 is 1. The van der Waals surface area contributed by atoms with Gasteiger partial charge in [0.15, 0.2) is 0 Å². The number of hydrogen-bond donors (Lipinski definition) is 2. The summed E-state index contributed by atoms with van der Waals surface area (Å²) in [5, 5.41) is 5.05. The highest BCUT2D eigenvalue weighted by Gasteiger charge is 2.33. The number of esters is 1. The second-order valence-electron chi connectivity index (χ2n) is 4.86. The Bertz CT molecular complexity index is 663. The van der Waals surface area contributed by atoms with Gasteiger partial charge in [0.2, 0.25) is 0 Å². The van der Waals surface area contributed by atoms with Crippen molar-refractivity contribution in [2.45, 2.75) is 13.0 Å². The van der Waals surface area contributed by atoms with Gasteiger partial charge in [-0.3, -0.25) is 0 Å². The fraction of sp³-hybridized carbons (Fsp3) is 0.333. The molecule has 124 valence electrons. The number of rotatable bonds is 5. The van der Waals surface area contributed by atoms with E-state index < -0.39 is 23.9 Å². The summed E-state index contributed by atoms with van der Waals surface area (Å²) in [6.07, 6.45) is 0. The number of halogens is 2. The van der Waals surface area contributed by atoms with Gasteiger partial charge in [-0.05, 0) is 25.1 Å². The summed E-state index contributed by atoms with van der Waals surface area (Å²) in [5.74, 6) is -1.17. The Balaban J connectivity index is 2.38. The van der Waals surface area contributed by atoms with Gasteiger partial charge in [-0.15, -0.1) is 0 Å². The molecule has 0 spiro atoms. The van der Waals surface area contributed by atoms with Crippen LogP contribution in [0, 0.1) is 5.82 Å². The number of hydrogen-bond acceptors (Lipinski definition) is 4. The van der Waals surface area contributed by atoms with Crippen molar-refractivity contribution in [2.75, 3.05) is 20.3 Å². The SMILES string of the molecule is COCCOC(=O)C1=C(C)NC(=O)NC1c1cc(Br)ccc1F. The predicted molar refractivity (Wildman–Crippen MR) is 84.0 cm³/mol. The lowest BCUT2D eigenvalue weighted by Crippen LogP contribution is -2.45. The summed E-state index contributed by atoms with van der Waals surface area (Å²) < 4.78 is 24.7. The molecule has 6 nitrogen and oxygen atoms in total. The first-order valence-corrected chi connectivity index (χ1v) is 7.62. The van der Waals surface area contributed by atoms with Crippen molar-refractivity contribution >= 4 is 27.9 Å². The molecule has 1 aromatic rings. The average Bonchev–Trinajstić information content (AvgIpc) is 2.49. The van der Waals surface area contributed by atoms with Crippen LogP contribution in [0.15, 0.2) is 33.9 Å². The average molecular weight is 387 g/mol. The summed E-state index contributed by atoms with van der Waals surface area (Å²) in [6, 6.07) is 2.86. The third-order valence-corrected chi connectivity index (χ3v) is 3.77. The van der Waals surface area contributed by atoms with Crippen molar-refractivity contribution in [3.63, 3.8) is 0 Å². The molecule has 1 aliphatic heterocycles. The highest BCUT2D eigenvalue weighted by atomic mass is 79.9. The second kappa shape index (κ2) is 7.56. The summed E-state index contributed by atoms with van der Waals surface area (Å²) in [4.78, 5) is 24.0. The fourth-order valence-corrected chi connectivity index (χ4v) is 2.61. The Hall–Kier alpha value is -1.93. The van der Waals surface area contributed by atoms with Crippen molar-refractivity contribution < 1.29 is 23.5 Å². The molecule has 0 bridgehead atoms. The van der Waals surface area contributed by atoms with Crippen LogP contribution in [0.25, 0.3) is 0 Å². The number of allylic oxidation sites excluding steroid dienone is 1. The Kier molecular flexibility index (Phi) is 5.73. The molecule has 1 heterocycles. The molecule has 23 heavy (non-hydrogen) atoms. The van der Waals surface area contributed by atoms with E-state index in [0.29, 0.717) is 10.2 Å². The van der Waals surface area contributed by atoms with Crippen LogP contribution in [-0.4, -0.2) is 32.3 Å². The standard InChI is InChI=1S/C15H16BrFN2O4/c1-8-12(14(20)23-6-5-22-2)13(19-15(21)18-8)10-7-9(16)3-4-11(10)17/h3-4,7,13H,5-6H2,1-2H3,(H2,18,19,21). The van der Waals surface area contributed by atoms with Crippen LogP contribution in [0.2, 0.25) is 0 Å². The Morgan fingerprint density at radius 3 is 2.83 bits per heavy atom. The van der Waals surface area contributed by atoms with Crippen LogP contribution in [0.1, 0.15) is 18.5 Å². The molecular weight excluding hydrogens is 371 g/mol. The number of benzene rings is 1. The molecule has 1 atom stereocenters. The normalized spacial score (nSPS) is 17.6. The van der Waals surface area contributed by atoms with Gasteiger partial charge in [-0.2, -0.15) is 0 Å². The van der Waals surface area contributed by atoms with Gasteiger partial charge in [0, 0.05) is 22.8 Å². The monoisotopic (exact) mass is 386 g/mol. The van der Waals surface area contributed by atoms with Gasteiger partial charge in [0.05, 0.1) is 18.2 Å². The Labute approximate surface area is 141 Å². The maximum Gasteiger partial charge on any atom is 0.338 e. The van der Waals surface area contributed by atoms with Crippen LogP contribution in [0.3, 0.4) is 0 Å². The van der Waals surface area contributed by atoms with Crippen molar-refractivity contribution in [1.82, 2.24) is 10.6 Å². The molecule has 0 aromatic heterocycles. The van der Waals surface area contributed by atoms with Crippen molar-refractivity contribution in [2.24, 2.45) is 0 Å². The molecule has 0 aliphatic carbocycles. The first-order chi connectivity index (χ1) is 10.9. The van der Waals surface area contributed by atoms with Crippen LogP contribution < -0.4 is 10.6 Å². The molecular formula is C15H16BrFN2O4. The zero-order valence-corrected chi connectivity index (χ0v) is 14.2. The van der Waals surface area contributed by atoms with E-state index in [4.69, 9.17) is 9.47 Å². The molecule has 0 fully saturated rings. The molecule has 2 amide bonds. The third-order valence-electron chi connectivity index (χ3n) is 3.28. The Morgan fingerprint density at radius 1 is 1.39 bits per heavy atom. The third kappa shape index (κ3) is 4.08. The van der Waals surface area contributed by atoms with E-state index in [1.807, 2.05) is 0 Å². The number of carbonyl (C=O) groups is 2. The van der Waals surface area contributed by atoms with Crippen molar-refractivity contribution in [3.05, 3.63) is 45.3 Å². The van der Waals surface area contributed by atoms with Gasteiger partial charge < -0.3 is 20.1 Å². The van der Waals surface area contributed by atoms with Crippen LogP contribution in [0.4, 0.5) is 9.18 Å². The predicted octanol–water partition coefficient (Wildman–Crippen LogP) is 2.41. The highest BCUT2D eigenvalue weighted by Crippen LogP contribution is 2.31. The number of ether oxygens (including phenoxy) is 2. The van der Waals surface area contributed by atoms with E-state index in [0.717, 1.165) is 0 Å². The lowest BCUT2D eigenvalue weighted by Gasteiger charge is -2.28. The zero-order chi connectivity index (χ0) is 17.0. The summed E-state index contributed by atoms with van der Waals surface area (Å²) in [6.45, 7) is 1.87. The van der Waals surface area contributed by atoms with Gasteiger partial charge in [0.1, 0.15) is 12.4 Å². The van der Waals surface area contributed by atoms with E-state index in [1.165, 1.54) is 25.3 Å². The van der Waals surface area contributed by atoms with E-state index in [-0.39, 0.29) is 24.4 Å². The summed E-state index contributed by atoms with van der Waals surface area (Å²) >= 11 is 3.26. The second-order valence-corrected chi connectivity index (χ2v) is 5.78. The van der Waals surface area contributed by atoms with Crippen LogP contribution >= 0.6 is 15.9 Å². The first kappa shape index (κ1) is 17.4. The quantitative estimate of drug-likeness (QED) is 0.601. The molecule has 2 rings (SSSR count). The molecule has 0 saturated heterocycles. The molecule has 1 aromatic carbocycles. The van der Waals surface area contributed by atoms with Gasteiger partial charge >= 0.3 is 12.0 Å². The summed E-state index contributed by atoms with van der Waals surface area (Å²) in [5.41, 5.74) is 0.644. The minimum atomic E-state index is -0.934. The van der Waals surface area contributed by atoms with E-state index >= 15 is 0 Å². The van der Waals surface area contributed by atoms with Gasteiger partial charge in [0.25, 0.3) is 0 Å². The number of carbonyl (C=O) groups excluding carboxylic acids is 2. The lowest BCUT2D eigenvalue weighted by molar-refractivity contribution is -0.140. The van der Waals surface area contributed by atoms with Gasteiger partial charge in [-0.1, -0.05) is 15.9 Å². The zero-order valence-electron chi connectivity index (χ0n) is 12.6. The van der Waals surface area contributed by atoms with Gasteiger partial charge in [-0.25, -0.2) is 14.0 Å². The number of nitrogens with one attached hydrogen (secondary N) is 2. The molecule has 2 N–H and O–H groups in total. The topological polar surface area (TPSA) is 76.7 Å². The fourth-order valence-electron chi connectivity index (χ4n) is 2.23. The minimum absolute atomic E-state index is 0.0632. The van der Waals surface area contributed by atoms with Crippen LogP contribution in [0.5, 0.6) is 0 Å². The maximum atomic E-state index is 14.2. The minimum Gasteiger partial charge on any atom is -0.460 e. The largest absolute Gasteiger partial charge is 0.460 e. The molecule has 1 unspecified atom stereocenters. The van der Waals surface area contributed by atoms with E-state index in [9.17, 15) is 14.0 Å². The van der Waals surface area contributed by atoms with Crippen molar-refractivity contribution in [3.8, 4) is 0 Å². The maximum absolute atomic E-state index is 14.2. The van der Waals surface area contributed by atoms with Crippen molar-refractivity contribution in [1.29, 1.82) is 0 Å². The first-order valence-electron chi connectivity index (χ1n) is 6.83. The molecule has 0 radical (unpaired) electrons. The lowest BCUT2D eigenvalue weighted by atomic mass is 9.95. The van der Waals surface area contributed by atoms with Crippen LogP contribution in [-0.2, 0) is 14.3 Å². The highest BCUT2D eigenvalue weighted by molar-refractivity contribution is 9.10. The van der Waals surface area contributed by atoms with E-state index in [1.54, 1.807) is 6.92 Å². The number of amides is 2. The van der Waals surface area contributed by atoms with E-state index in [2.05, 4.69) is 26.6 Å². The smallest absolute Gasteiger partial charge is 0.338 e. The molecule has 0 saturated carbocycles. The Morgan fingerprint density at radius 2 is 2.13 bits per heavy atom. The number of urea groups is 1. The molecule has 1 aliphatic rings. The molecule has 8 heteroatoms. The summed E-state index contributed by atoms with van der Waals surface area (Å²) in [7, 11) is 1.49.